The van der Waals surface area contributed by atoms with Crippen LogP contribution in [0.4, 0.5) is 0 Å². The summed E-state index contributed by atoms with van der Waals surface area (Å²) in [6, 6.07) is 0. The minimum atomic E-state index is -5.17. The van der Waals surface area contributed by atoms with Gasteiger partial charge in [0, 0.05) is 20.8 Å². The van der Waals surface area contributed by atoms with Crippen molar-refractivity contribution in [3.05, 3.63) is 0 Å². The van der Waals surface area contributed by atoms with E-state index in [9.17, 15) is 0 Å². The summed E-state index contributed by atoms with van der Waals surface area (Å²) < 4.78 is 68.2. The van der Waals surface area contributed by atoms with Gasteiger partial charge in [0.1, 0.15) is 0 Å². The number of rotatable bonds is 0. The molecular weight excluding hydrogens is 502 g/mol. The Bertz CT molecular complexity index is 216. The average Bonchev–Trinajstić information content (AvgIpc) is 1.12. The molecule has 24 heavy (non-hydrogen) atoms. The van der Waals surface area contributed by atoms with E-state index in [2.05, 4.69) is 0 Å². The Morgan fingerprint density at radius 3 is 0.333 bits per heavy atom. The molecule has 0 radical (unpaired) electrons. The summed E-state index contributed by atoms with van der Waals surface area (Å²) in [5.41, 5.74) is 0. The van der Waals surface area contributed by atoms with Crippen molar-refractivity contribution in [1.29, 1.82) is 0 Å². The Morgan fingerprint density at radius 2 is 0.333 bits per heavy atom. The van der Waals surface area contributed by atoms with Crippen LogP contribution in [0.3, 0.4) is 0 Å². The van der Waals surface area contributed by atoms with Crippen LogP contribution in [0.1, 0.15) is 0 Å². The Balaban J connectivity index is -0.00000000241. The molecule has 24 heteroatoms. The van der Waals surface area contributed by atoms with Crippen molar-refractivity contribution in [1.82, 2.24) is 0 Å². The summed E-state index contributed by atoms with van der Waals surface area (Å²) in [4.78, 5) is 0. The van der Waals surface area contributed by atoms with Crippen LogP contribution < -0.4 is 0 Å². The Hall–Kier alpha value is 0.247. The third-order valence-electron chi connectivity index (χ3n) is 0. The molecular formula is H36Ni2O20S2+12. The molecule has 0 rings (SSSR count). The molecule has 0 bridgehead atoms. The maximum Gasteiger partial charge on any atom is 2.00 e. The summed E-state index contributed by atoms with van der Waals surface area (Å²) in [6.07, 6.45) is 0. The second kappa shape index (κ2) is 76.7. The normalized spacial score (nSPS) is 4.83. The maximum atomic E-state index is 8.52. The van der Waals surface area contributed by atoms with Gasteiger partial charge in [-0.3, -0.25) is 16.8 Å². The topological polar surface area (TPSA) is 557 Å². The van der Waals surface area contributed by atoms with E-state index in [1.165, 1.54) is 0 Å². The Labute approximate surface area is 155 Å². The van der Waals surface area contributed by atoms with Crippen LogP contribution in [0.25, 0.3) is 0 Å². The molecule has 0 saturated carbocycles. The van der Waals surface area contributed by atoms with Crippen LogP contribution in [-0.4, -0.2) is 35.0 Å². The van der Waals surface area contributed by atoms with Gasteiger partial charge in [-0.25, -0.2) is 0 Å². The second-order valence-corrected chi connectivity index (χ2v) is 2.45. The first-order valence-electron chi connectivity index (χ1n) is 1.33. The maximum absolute atomic E-state index is 8.52. The summed E-state index contributed by atoms with van der Waals surface area (Å²) in [6.45, 7) is 0. The number of hydrogen-bond acceptors (Lipinski definition) is 8. The summed E-state index contributed by atoms with van der Waals surface area (Å²) in [5, 5.41) is 0. The Morgan fingerprint density at radius 1 is 0.333 bits per heavy atom. The quantitative estimate of drug-likeness (QED) is 0.123. The third kappa shape index (κ3) is 165000. The first-order chi connectivity index (χ1) is 4.00. The van der Waals surface area contributed by atoms with E-state index in [0.29, 0.717) is 0 Å². The molecule has 0 saturated heterocycles. The van der Waals surface area contributed by atoms with Crippen LogP contribution in [0.5, 0.6) is 0 Å². The third-order valence-corrected chi connectivity index (χ3v) is 0. The minimum Gasteiger partial charge on any atom is -0.759 e. The molecule has 0 unspecified atom stereocenters. The van der Waals surface area contributed by atoms with Gasteiger partial charge in [-0.1, -0.05) is 0 Å². The van der Waals surface area contributed by atoms with Gasteiger partial charge in [0.25, 0.3) is 0 Å². The predicted molar refractivity (Wildman–Crippen MR) is 79.4 cm³/mol. The molecule has 0 atom stereocenters. The molecule has 0 aromatic rings. The smallest absolute Gasteiger partial charge is 0.759 e. The van der Waals surface area contributed by atoms with Crippen LogP contribution in [0, 0.1) is 0 Å². The van der Waals surface area contributed by atoms with Crippen LogP contribution in [-0.2, 0) is 119 Å². The fourth-order valence-electron chi connectivity index (χ4n) is 0. The average molecular weight is 538 g/mol. The zero-order chi connectivity index (χ0) is 9.00. The van der Waals surface area contributed by atoms with Crippen molar-refractivity contribution in [3.8, 4) is 0 Å². The van der Waals surface area contributed by atoms with E-state index in [1.807, 2.05) is 0 Å². The molecule has 0 aromatic carbocycles. The zero-order valence-corrected chi connectivity index (χ0v) is 15.3. The molecule has 0 aliphatic carbocycles. The van der Waals surface area contributed by atoms with Crippen LogP contribution >= 0.6 is 0 Å². The van der Waals surface area contributed by atoms with Gasteiger partial charge in [0.2, 0.25) is 0 Å². The van der Waals surface area contributed by atoms with E-state index in [0.717, 1.165) is 0 Å². The molecule has 0 aliphatic rings. The molecule has 36 N–H and O–H groups in total. The monoisotopic (exact) mass is 536 g/mol. The first-order valence-corrected chi connectivity index (χ1v) is 4.00. The molecule has 0 aromatic heterocycles. The van der Waals surface area contributed by atoms with Crippen molar-refractivity contribution in [2.45, 2.75) is 0 Å². The van der Waals surface area contributed by atoms with Crippen molar-refractivity contribution < 1.29 is 134 Å². The summed E-state index contributed by atoms with van der Waals surface area (Å²) >= 11 is 0. The SMILES string of the molecule is O=S(=O)([O-])[O-].O=S(=O)([O-])[O-].[Ni+2].[Ni+2].[OH3+].[OH3+].[OH3+].[OH3+].[OH3+].[OH3+].[OH3+].[OH3+].[OH3+].[OH3+].[OH3+].[OH3+]. The standard InChI is InChI=1S/2Ni.2H2O4S.12H2O/c;;2*1-5(2,3)4;;;;;;;;;;;;/h;;2*(H2,1,2,3,4);12*1H2/q2*+2;;;;;;;;;;;;;;/p+8. The van der Waals surface area contributed by atoms with Crippen LogP contribution in [0.2, 0.25) is 0 Å². The van der Waals surface area contributed by atoms with Gasteiger partial charge in [-0.15, -0.1) is 0 Å². The molecule has 0 aliphatic heterocycles. The summed E-state index contributed by atoms with van der Waals surface area (Å²) in [5.74, 6) is 0. The van der Waals surface area contributed by atoms with E-state index in [1.54, 1.807) is 0 Å². The fraction of sp³-hybridized carbons (Fsp3) is 0. The van der Waals surface area contributed by atoms with Crippen LogP contribution in [0.15, 0.2) is 0 Å². The van der Waals surface area contributed by atoms with Crippen molar-refractivity contribution in [2.24, 2.45) is 0 Å². The van der Waals surface area contributed by atoms with E-state index in [-0.39, 0.29) is 98.7 Å². The molecule has 0 fully saturated rings. The van der Waals surface area contributed by atoms with Gasteiger partial charge in [-0.05, 0) is 0 Å². The first kappa shape index (κ1) is 193. The molecule has 0 amide bonds. The second-order valence-electron chi connectivity index (χ2n) is 0.816. The van der Waals surface area contributed by atoms with Gasteiger partial charge in [0.15, 0.2) is 0 Å². The van der Waals surface area contributed by atoms with Crippen molar-refractivity contribution >= 4 is 20.8 Å². The zero-order valence-electron chi connectivity index (χ0n) is 11.6. The van der Waals surface area contributed by atoms with Crippen molar-refractivity contribution in [2.75, 3.05) is 0 Å². The largest absolute Gasteiger partial charge is 2.00 e. The van der Waals surface area contributed by atoms with Gasteiger partial charge < -0.3 is 83.9 Å². The molecule has 0 spiro atoms. The van der Waals surface area contributed by atoms with Gasteiger partial charge >= 0.3 is 33.0 Å². The number of hydrogen-bond donors (Lipinski definition) is 0. The fourth-order valence-corrected chi connectivity index (χ4v) is 0. The predicted octanol–water partition coefficient (Wildman–Crippen LogP) is -13.7. The van der Waals surface area contributed by atoms with Gasteiger partial charge in [-0.2, -0.15) is 0 Å². The van der Waals surface area contributed by atoms with Crippen molar-refractivity contribution in [3.63, 3.8) is 0 Å². The summed E-state index contributed by atoms with van der Waals surface area (Å²) in [7, 11) is -10.3. The molecule has 176 valence electrons. The van der Waals surface area contributed by atoms with E-state index >= 15 is 0 Å². The minimum absolute atomic E-state index is 0. The van der Waals surface area contributed by atoms with E-state index in [4.69, 9.17) is 35.0 Å². The van der Waals surface area contributed by atoms with E-state index < -0.39 is 20.8 Å². The molecule has 0 heterocycles. The Kier molecular flexibility index (Phi) is 616. The van der Waals surface area contributed by atoms with Gasteiger partial charge in [0.05, 0.1) is 0 Å². The molecule has 20 nitrogen and oxygen atoms in total.